The number of benzene rings is 1. The highest BCUT2D eigenvalue weighted by atomic mass is 32.2. The molecule has 19 heavy (non-hydrogen) atoms. The van der Waals surface area contributed by atoms with Gasteiger partial charge >= 0.3 is 0 Å². The molecular weight excluding hydrogens is 282 g/mol. The van der Waals surface area contributed by atoms with E-state index >= 15 is 0 Å². The zero-order valence-electron chi connectivity index (χ0n) is 11.4. The summed E-state index contributed by atoms with van der Waals surface area (Å²) < 4.78 is 25.7. The van der Waals surface area contributed by atoms with Crippen LogP contribution in [0.2, 0.25) is 0 Å². The van der Waals surface area contributed by atoms with Crippen molar-refractivity contribution < 1.29 is 8.42 Å². The van der Waals surface area contributed by atoms with E-state index in [-0.39, 0.29) is 4.90 Å². The minimum atomic E-state index is -3.43. The molecule has 1 aromatic rings. The number of sulfonamides is 1. The maximum Gasteiger partial charge on any atom is 0.240 e. The van der Waals surface area contributed by atoms with E-state index in [9.17, 15) is 8.42 Å². The fourth-order valence-electron chi connectivity index (χ4n) is 1.50. The van der Waals surface area contributed by atoms with Crippen LogP contribution in [0.4, 0.5) is 11.4 Å². The Kier molecular flexibility index (Phi) is 5.96. The van der Waals surface area contributed by atoms with Crippen LogP contribution in [0.5, 0.6) is 0 Å². The third-order valence-electron chi connectivity index (χ3n) is 2.87. The summed E-state index contributed by atoms with van der Waals surface area (Å²) in [5.74, 6) is 0. The number of hydrogen-bond donors (Lipinski definition) is 3. The van der Waals surface area contributed by atoms with Gasteiger partial charge < -0.3 is 11.1 Å². The van der Waals surface area contributed by atoms with Gasteiger partial charge in [0.2, 0.25) is 10.0 Å². The van der Waals surface area contributed by atoms with Gasteiger partial charge in [-0.3, -0.25) is 0 Å². The first-order valence-corrected chi connectivity index (χ1v) is 8.77. The second kappa shape index (κ2) is 7.02. The number of hydrogen-bond acceptors (Lipinski definition) is 5. The number of anilines is 2. The summed E-state index contributed by atoms with van der Waals surface area (Å²) >= 11 is 1.80. The molecule has 0 aliphatic heterocycles. The second-order valence-electron chi connectivity index (χ2n) is 4.22. The molecule has 0 heterocycles. The van der Waals surface area contributed by atoms with Crippen LogP contribution in [-0.4, -0.2) is 33.5 Å². The predicted octanol–water partition coefficient (Wildman–Crippen LogP) is 1.73. The van der Waals surface area contributed by atoms with Crippen molar-refractivity contribution in [3.8, 4) is 0 Å². The largest absolute Gasteiger partial charge is 0.397 e. The third kappa shape index (κ3) is 4.59. The molecule has 1 rings (SSSR count). The maximum absolute atomic E-state index is 11.7. The quantitative estimate of drug-likeness (QED) is 0.668. The first-order valence-electron chi connectivity index (χ1n) is 6.00. The maximum atomic E-state index is 11.7. The number of nitrogens with one attached hydrogen (secondary N) is 2. The SMILES string of the molecule is CNS(=O)(=O)c1ccc(N)c(NCCC(C)SC)c1. The average Bonchev–Trinajstić information content (AvgIpc) is 2.40. The number of thioether (sulfide) groups is 1. The van der Waals surface area contributed by atoms with E-state index in [1.54, 1.807) is 23.9 Å². The van der Waals surface area contributed by atoms with Gasteiger partial charge in [0.25, 0.3) is 0 Å². The Labute approximate surface area is 119 Å². The van der Waals surface area contributed by atoms with E-state index in [0.29, 0.717) is 16.6 Å². The first-order chi connectivity index (χ1) is 8.90. The molecule has 5 nitrogen and oxygen atoms in total. The second-order valence-corrected chi connectivity index (χ2v) is 7.38. The zero-order chi connectivity index (χ0) is 14.5. The molecule has 108 valence electrons. The highest BCUT2D eigenvalue weighted by molar-refractivity contribution is 7.99. The molecule has 4 N–H and O–H groups in total. The number of nitrogen functional groups attached to an aromatic ring is 1. The normalized spacial score (nSPS) is 13.2. The van der Waals surface area contributed by atoms with Gasteiger partial charge in [-0.1, -0.05) is 6.92 Å². The fraction of sp³-hybridized carbons (Fsp3) is 0.500. The van der Waals surface area contributed by atoms with Crippen molar-refractivity contribution >= 4 is 33.2 Å². The van der Waals surface area contributed by atoms with Crippen molar-refractivity contribution in [1.29, 1.82) is 0 Å². The fourth-order valence-corrected chi connectivity index (χ4v) is 2.61. The van der Waals surface area contributed by atoms with Crippen LogP contribution in [-0.2, 0) is 10.0 Å². The minimum Gasteiger partial charge on any atom is -0.397 e. The molecule has 0 bridgehead atoms. The smallest absolute Gasteiger partial charge is 0.240 e. The summed E-state index contributed by atoms with van der Waals surface area (Å²) in [6, 6.07) is 4.66. The van der Waals surface area contributed by atoms with Gasteiger partial charge in [-0.2, -0.15) is 11.8 Å². The lowest BCUT2D eigenvalue weighted by Crippen LogP contribution is -2.19. The Morgan fingerprint density at radius 1 is 1.42 bits per heavy atom. The Morgan fingerprint density at radius 2 is 2.11 bits per heavy atom. The van der Waals surface area contributed by atoms with E-state index in [1.165, 1.54) is 13.1 Å². The molecule has 1 unspecified atom stereocenters. The molecular formula is C12H21N3O2S2. The Hall–Kier alpha value is -0.920. The van der Waals surface area contributed by atoms with E-state index < -0.39 is 10.0 Å². The molecule has 0 saturated carbocycles. The lowest BCUT2D eigenvalue weighted by atomic mass is 10.2. The van der Waals surface area contributed by atoms with Crippen LogP contribution >= 0.6 is 11.8 Å². The Bertz CT molecular complexity index is 518. The highest BCUT2D eigenvalue weighted by Crippen LogP contribution is 2.23. The molecule has 0 aliphatic carbocycles. The summed E-state index contributed by atoms with van der Waals surface area (Å²) in [4.78, 5) is 0.213. The molecule has 0 fully saturated rings. The van der Waals surface area contributed by atoms with Crippen LogP contribution in [0.3, 0.4) is 0 Å². The highest BCUT2D eigenvalue weighted by Gasteiger charge is 2.13. The van der Waals surface area contributed by atoms with Crippen LogP contribution in [0.25, 0.3) is 0 Å². The topological polar surface area (TPSA) is 84.2 Å². The van der Waals surface area contributed by atoms with Crippen LogP contribution in [0.15, 0.2) is 23.1 Å². The van der Waals surface area contributed by atoms with Crippen LogP contribution in [0, 0.1) is 0 Å². The molecule has 0 aromatic heterocycles. The monoisotopic (exact) mass is 303 g/mol. The van der Waals surface area contributed by atoms with E-state index in [4.69, 9.17) is 5.73 Å². The van der Waals surface area contributed by atoms with Crippen molar-refractivity contribution in [3.63, 3.8) is 0 Å². The van der Waals surface area contributed by atoms with Crippen molar-refractivity contribution in [3.05, 3.63) is 18.2 Å². The Morgan fingerprint density at radius 3 is 2.68 bits per heavy atom. The molecule has 1 aromatic carbocycles. The van der Waals surface area contributed by atoms with E-state index in [1.807, 2.05) is 0 Å². The predicted molar refractivity (Wildman–Crippen MR) is 83.2 cm³/mol. The van der Waals surface area contributed by atoms with Gasteiger partial charge in [-0.05, 0) is 37.9 Å². The molecule has 0 saturated heterocycles. The van der Waals surface area contributed by atoms with Crippen molar-refractivity contribution in [1.82, 2.24) is 4.72 Å². The number of nitrogens with two attached hydrogens (primary N) is 1. The summed E-state index contributed by atoms with van der Waals surface area (Å²) in [7, 11) is -2.05. The lowest BCUT2D eigenvalue weighted by Gasteiger charge is -2.13. The van der Waals surface area contributed by atoms with Gasteiger partial charge in [0, 0.05) is 11.8 Å². The molecule has 1 atom stereocenters. The standard InChI is InChI=1S/C12H21N3O2S2/c1-9(18-3)6-7-15-12-8-10(4-5-11(12)13)19(16,17)14-2/h4-5,8-9,14-15H,6-7,13H2,1-3H3. The zero-order valence-corrected chi connectivity index (χ0v) is 13.1. The first kappa shape index (κ1) is 16.1. The molecule has 0 spiro atoms. The average molecular weight is 303 g/mol. The van der Waals surface area contributed by atoms with Crippen molar-refractivity contribution in [2.45, 2.75) is 23.5 Å². The number of rotatable bonds is 7. The Balaban J connectivity index is 2.81. The molecule has 0 amide bonds. The van der Waals surface area contributed by atoms with Crippen molar-refractivity contribution in [2.75, 3.05) is 30.9 Å². The summed E-state index contributed by atoms with van der Waals surface area (Å²) in [5, 5.41) is 3.74. The van der Waals surface area contributed by atoms with E-state index in [0.717, 1.165) is 13.0 Å². The van der Waals surface area contributed by atoms with Gasteiger partial charge in [-0.15, -0.1) is 0 Å². The van der Waals surface area contributed by atoms with E-state index in [2.05, 4.69) is 23.2 Å². The minimum absolute atomic E-state index is 0.213. The van der Waals surface area contributed by atoms with Crippen LogP contribution in [0.1, 0.15) is 13.3 Å². The van der Waals surface area contributed by atoms with Gasteiger partial charge in [0.15, 0.2) is 0 Å². The summed E-state index contributed by atoms with van der Waals surface area (Å²) in [6.07, 6.45) is 3.06. The van der Waals surface area contributed by atoms with Gasteiger partial charge in [-0.25, -0.2) is 13.1 Å². The molecule has 0 aliphatic rings. The lowest BCUT2D eigenvalue weighted by molar-refractivity contribution is 0.588. The summed E-state index contributed by atoms with van der Waals surface area (Å²) in [5.41, 5.74) is 7.05. The van der Waals surface area contributed by atoms with Gasteiger partial charge in [0.1, 0.15) is 0 Å². The third-order valence-corrected chi connectivity index (χ3v) is 5.32. The summed E-state index contributed by atoms with van der Waals surface area (Å²) in [6.45, 7) is 2.91. The molecule has 0 radical (unpaired) electrons. The van der Waals surface area contributed by atoms with Crippen molar-refractivity contribution in [2.24, 2.45) is 0 Å². The van der Waals surface area contributed by atoms with Crippen LogP contribution < -0.4 is 15.8 Å². The van der Waals surface area contributed by atoms with Gasteiger partial charge in [0.05, 0.1) is 16.3 Å². The molecule has 7 heteroatoms.